The van der Waals surface area contributed by atoms with Crippen LogP contribution in [0.15, 0.2) is 54.6 Å². The van der Waals surface area contributed by atoms with Crippen LogP contribution in [0.2, 0.25) is 5.15 Å². The summed E-state index contributed by atoms with van der Waals surface area (Å²) in [7, 11) is 0. The van der Waals surface area contributed by atoms with Gasteiger partial charge in [-0.2, -0.15) is 5.10 Å². The van der Waals surface area contributed by atoms with E-state index in [1.54, 1.807) is 23.7 Å². The highest BCUT2D eigenvalue weighted by atomic mass is 35.5. The van der Waals surface area contributed by atoms with Gasteiger partial charge >= 0.3 is 0 Å². The Morgan fingerprint density at radius 1 is 1.16 bits per heavy atom. The van der Waals surface area contributed by atoms with Crippen molar-refractivity contribution >= 4 is 17.5 Å². The normalized spacial score (nSPS) is 15.6. The highest BCUT2D eigenvalue weighted by molar-refractivity contribution is 6.33. The molecule has 31 heavy (non-hydrogen) atoms. The summed E-state index contributed by atoms with van der Waals surface area (Å²) < 4.78 is 20.5. The van der Waals surface area contributed by atoms with Crippen molar-refractivity contribution in [2.24, 2.45) is 0 Å². The number of hydrogen-bond donors (Lipinski definition) is 1. The Bertz CT molecular complexity index is 1030. The van der Waals surface area contributed by atoms with Crippen molar-refractivity contribution in [3.63, 3.8) is 0 Å². The van der Waals surface area contributed by atoms with E-state index in [0.717, 1.165) is 24.3 Å². The molecule has 1 saturated heterocycles. The Labute approximate surface area is 185 Å². The maximum absolute atomic E-state index is 13.4. The van der Waals surface area contributed by atoms with E-state index in [2.05, 4.69) is 15.3 Å². The number of para-hydroxylation sites is 1. The molecule has 4 rings (SSSR count). The minimum Gasteiger partial charge on any atom is -0.379 e. The Morgan fingerprint density at radius 3 is 2.52 bits per heavy atom. The maximum Gasteiger partial charge on any atom is 0.256 e. The first-order chi connectivity index (χ1) is 15.0. The number of aryl methyl sites for hydroxylation is 1. The number of benzene rings is 2. The van der Waals surface area contributed by atoms with Gasteiger partial charge in [-0.15, -0.1) is 0 Å². The van der Waals surface area contributed by atoms with Crippen LogP contribution < -0.4 is 5.32 Å². The number of ether oxygens (including phenoxy) is 1. The number of rotatable bonds is 6. The van der Waals surface area contributed by atoms with Crippen LogP contribution in [0.4, 0.5) is 4.39 Å². The zero-order valence-corrected chi connectivity index (χ0v) is 18.0. The third-order valence-electron chi connectivity index (χ3n) is 5.43. The van der Waals surface area contributed by atoms with E-state index in [-0.39, 0.29) is 22.9 Å². The lowest BCUT2D eigenvalue weighted by Crippen LogP contribution is -2.43. The van der Waals surface area contributed by atoms with Gasteiger partial charge in [0.1, 0.15) is 11.0 Å². The van der Waals surface area contributed by atoms with Crippen molar-refractivity contribution in [3.8, 4) is 5.69 Å². The summed E-state index contributed by atoms with van der Waals surface area (Å²) in [6, 6.07) is 15.7. The molecule has 1 amide bonds. The van der Waals surface area contributed by atoms with Crippen LogP contribution >= 0.6 is 11.6 Å². The number of carbonyl (C=O) groups excluding carboxylic acids is 1. The summed E-state index contributed by atoms with van der Waals surface area (Å²) in [4.78, 5) is 15.3. The van der Waals surface area contributed by atoms with E-state index >= 15 is 0 Å². The van der Waals surface area contributed by atoms with Gasteiger partial charge in [0, 0.05) is 19.6 Å². The molecule has 162 valence electrons. The van der Waals surface area contributed by atoms with Crippen LogP contribution in [0.25, 0.3) is 5.69 Å². The van der Waals surface area contributed by atoms with Crippen molar-refractivity contribution < 1.29 is 13.9 Å². The summed E-state index contributed by atoms with van der Waals surface area (Å²) in [5.41, 5.74) is 2.62. The third kappa shape index (κ3) is 4.79. The smallest absolute Gasteiger partial charge is 0.256 e. The van der Waals surface area contributed by atoms with E-state index in [4.69, 9.17) is 16.3 Å². The summed E-state index contributed by atoms with van der Waals surface area (Å²) >= 11 is 6.53. The van der Waals surface area contributed by atoms with Crippen LogP contribution in [0.5, 0.6) is 0 Å². The van der Waals surface area contributed by atoms with Crippen LogP contribution in [0.1, 0.15) is 27.7 Å². The summed E-state index contributed by atoms with van der Waals surface area (Å²) in [6.07, 6.45) is 0. The lowest BCUT2D eigenvalue weighted by Gasteiger charge is -2.35. The van der Waals surface area contributed by atoms with E-state index in [0.29, 0.717) is 31.0 Å². The quantitative estimate of drug-likeness (QED) is 0.631. The molecule has 2 heterocycles. The predicted molar refractivity (Wildman–Crippen MR) is 117 cm³/mol. The van der Waals surface area contributed by atoms with Crippen LogP contribution in [0.3, 0.4) is 0 Å². The number of amides is 1. The number of aromatic nitrogens is 2. The van der Waals surface area contributed by atoms with E-state index in [1.807, 2.05) is 30.3 Å². The van der Waals surface area contributed by atoms with Crippen molar-refractivity contribution in [1.29, 1.82) is 0 Å². The maximum atomic E-state index is 13.4. The second kappa shape index (κ2) is 9.60. The fraction of sp³-hybridized carbons (Fsp3) is 0.304. The topological polar surface area (TPSA) is 59.4 Å². The highest BCUT2D eigenvalue weighted by Crippen LogP contribution is 2.25. The van der Waals surface area contributed by atoms with E-state index in [9.17, 15) is 9.18 Å². The van der Waals surface area contributed by atoms with Gasteiger partial charge in [-0.1, -0.05) is 41.9 Å². The third-order valence-corrected chi connectivity index (χ3v) is 5.78. The molecule has 6 nitrogen and oxygen atoms in total. The number of carbonyl (C=O) groups is 1. The van der Waals surface area contributed by atoms with Gasteiger partial charge in [-0.3, -0.25) is 9.69 Å². The molecule has 1 fully saturated rings. The molecule has 3 aromatic rings. The second-order valence-electron chi connectivity index (χ2n) is 7.42. The fourth-order valence-corrected chi connectivity index (χ4v) is 4.16. The van der Waals surface area contributed by atoms with Crippen LogP contribution in [-0.2, 0) is 4.74 Å². The fourth-order valence-electron chi connectivity index (χ4n) is 3.81. The number of nitrogens with zero attached hydrogens (tertiary/aromatic N) is 3. The molecule has 1 atom stereocenters. The average molecular weight is 443 g/mol. The van der Waals surface area contributed by atoms with Crippen LogP contribution in [-0.4, -0.2) is 53.4 Å². The molecule has 1 aromatic heterocycles. The largest absolute Gasteiger partial charge is 0.379 e. The van der Waals surface area contributed by atoms with Crippen molar-refractivity contribution in [1.82, 2.24) is 20.0 Å². The van der Waals surface area contributed by atoms with Crippen molar-refractivity contribution in [2.45, 2.75) is 13.0 Å². The number of morpholine rings is 1. The zero-order chi connectivity index (χ0) is 21.8. The number of nitrogens with one attached hydrogen (secondary N) is 1. The lowest BCUT2D eigenvalue weighted by molar-refractivity contribution is 0.0162. The Morgan fingerprint density at radius 2 is 1.84 bits per heavy atom. The lowest BCUT2D eigenvalue weighted by atomic mass is 10.0. The number of halogens is 2. The molecule has 8 heteroatoms. The standard InChI is InChI=1S/C23H24ClFN4O2/c1-16-21(22(24)29(27-16)19-5-3-2-4-6-19)23(30)26-15-20(28-11-13-31-14-12-28)17-7-9-18(25)10-8-17/h2-10,20H,11-15H2,1H3,(H,26,30). The SMILES string of the molecule is Cc1nn(-c2ccccc2)c(Cl)c1C(=O)NCC(c1ccc(F)cc1)N1CCOCC1. The minimum atomic E-state index is -0.288. The first-order valence-electron chi connectivity index (χ1n) is 10.2. The molecule has 0 saturated carbocycles. The second-order valence-corrected chi connectivity index (χ2v) is 7.78. The zero-order valence-electron chi connectivity index (χ0n) is 17.2. The molecule has 2 aromatic carbocycles. The predicted octanol–water partition coefficient (Wildman–Crippen LogP) is 3.78. The van der Waals surface area contributed by atoms with Crippen molar-refractivity contribution in [3.05, 3.63) is 82.4 Å². The average Bonchev–Trinajstić information content (AvgIpc) is 3.10. The first-order valence-corrected chi connectivity index (χ1v) is 10.6. The summed E-state index contributed by atoms with van der Waals surface area (Å²) in [5.74, 6) is -0.575. The van der Waals surface area contributed by atoms with Gasteiger partial charge in [0.15, 0.2) is 0 Å². The Balaban J connectivity index is 1.54. The Hall–Kier alpha value is -2.74. The Kier molecular flexibility index (Phi) is 6.65. The van der Waals surface area contributed by atoms with Gasteiger partial charge in [0.2, 0.25) is 0 Å². The van der Waals surface area contributed by atoms with Crippen LogP contribution in [0, 0.1) is 12.7 Å². The molecular formula is C23H24ClFN4O2. The summed E-state index contributed by atoms with van der Waals surface area (Å²) in [5, 5.41) is 7.71. The molecule has 1 N–H and O–H groups in total. The minimum absolute atomic E-state index is 0.100. The van der Waals surface area contributed by atoms with E-state index in [1.165, 1.54) is 12.1 Å². The molecule has 0 aliphatic carbocycles. The molecular weight excluding hydrogens is 419 g/mol. The monoisotopic (exact) mass is 442 g/mol. The van der Waals surface area contributed by atoms with Gasteiger partial charge in [-0.25, -0.2) is 9.07 Å². The van der Waals surface area contributed by atoms with Gasteiger partial charge in [0.25, 0.3) is 5.91 Å². The summed E-state index contributed by atoms with van der Waals surface area (Å²) in [6.45, 7) is 4.85. The first kappa shape index (κ1) is 21.5. The van der Waals surface area contributed by atoms with Gasteiger partial charge in [0.05, 0.1) is 36.2 Å². The van der Waals surface area contributed by atoms with E-state index < -0.39 is 0 Å². The van der Waals surface area contributed by atoms with Gasteiger partial charge in [-0.05, 0) is 36.8 Å². The highest BCUT2D eigenvalue weighted by Gasteiger charge is 2.26. The molecule has 1 aliphatic rings. The molecule has 1 unspecified atom stereocenters. The number of hydrogen-bond acceptors (Lipinski definition) is 4. The molecule has 0 spiro atoms. The van der Waals surface area contributed by atoms with Gasteiger partial charge < -0.3 is 10.1 Å². The van der Waals surface area contributed by atoms with Crippen molar-refractivity contribution in [2.75, 3.05) is 32.8 Å². The molecule has 1 aliphatic heterocycles. The molecule has 0 bridgehead atoms. The molecule has 0 radical (unpaired) electrons.